The van der Waals surface area contributed by atoms with Crippen molar-refractivity contribution in [3.8, 4) is 5.75 Å². The Morgan fingerprint density at radius 2 is 2.06 bits per heavy atom. The van der Waals surface area contributed by atoms with Gasteiger partial charge in [0.25, 0.3) is 0 Å². The molecule has 2 heteroatoms. The number of ether oxygens (including phenoxy) is 1. The lowest BCUT2D eigenvalue weighted by molar-refractivity contribution is 0.0935. The van der Waals surface area contributed by atoms with Crippen molar-refractivity contribution in [2.75, 3.05) is 6.61 Å². The molecule has 0 aromatic heterocycles. The van der Waals surface area contributed by atoms with Crippen LogP contribution in [-0.2, 0) is 0 Å². The smallest absolute Gasteiger partial charge is 0.122 e. The zero-order valence-corrected chi connectivity index (χ0v) is 10.8. The van der Waals surface area contributed by atoms with Crippen LogP contribution >= 0.6 is 0 Å². The second kappa shape index (κ2) is 5.31. The van der Waals surface area contributed by atoms with Gasteiger partial charge in [-0.3, -0.25) is 0 Å². The number of fused-ring (bicyclic) bond motifs is 1. The van der Waals surface area contributed by atoms with E-state index in [1.165, 1.54) is 24.8 Å². The van der Waals surface area contributed by atoms with E-state index >= 15 is 0 Å². The molecule has 2 nitrogen and oxygen atoms in total. The number of aliphatic hydroxyl groups excluding tert-OH is 1. The molecule has 98 valence electrons. The predicted molar refractivity (Wildman–Crippen MR) is 71.9 cm³/mol. The molecule has 0 radical (unpaired) electrons. The number of hydrogen-bond acceptors (Lipinski definition) is 2. The monoisotopic (exact) mass is 246 g/mol. The van der Waals surface area contributed by atoms with E-state index < -0.39 is 0 Å². The molecule has 1 aliphatic carbocycles. The van der Waals surface area contributed by atoms with Crippen LogP contribution in [0.3, 0.4) is 0 Å². The van der Waals surface area contributed by atoms with Crippen LogP contribution in [0.25, 0.3) is 0 Å². The van der Waals surface area contributed by atoms with Gasteiger partial charge in [0.2, 0.25) is 0 Å². The Kier molecular flexibility index (Phi) is 3.55. The molecule has 18 heavy (non-hydrogen) atoms. The van der Waals surface area contributed by atoms with E-state index in [4.69, 9.17) is 4.74 Å². The lowest BCUT2D eigenvalue weighted by atomic mass is 9.78. The first kappa shape index (κ1) is 12.0. The van der Waals surface area contributed by atoms with E-state index in [9.17, 15) is 5.11 Å². The Bertz CT molecular complexity index is 402. The summed E-state index contributed by atoms with van der Waals surface area (Å²) in [7, 11) is 0. The molecule has 0 bridgehead atoms. The van der Waals surface area contributed by atoms with Crippen molar-refractivity contribution < 1.29 is 9.84 Å². The first-order chi connectivity index (χ1) is 8.83. The molecule has 2 aliphatic rings. The van der Waals surface area contributed by atoms with Crippen LogP contribution < -0.4 is 4.74 Å². The molecule has 1 aromatic carbocycles. The topological polar surface area (TPSA) is 29.5 Å². The average molecular weight is 246 g/mol. The molecule has 0 amide bonds. The molecule has 3 rings (SSSR count). The van der Waals surface area contributed by atoms with E-state index in [2.05, 4.69) is 18.2 Å². The fraction of sp³-hybridized carbons (Fsp3) is 0.625. The van der Waals surface area contributed by atoms with E-state index in [1.807, 2.05) is 6.07 Å². The summed E-state index contributed by atoms with van der Waals surface area (Å²) in [4.78, 5) is 0. The van der Waals surface area contributed by atoms with Gasteiger partial charge in [-0.25, -0.2) is 0 Å². The number of benzene rings is 1. The summed E-state index contributed by atoms with van der Waals surface area (Å²) in [6.45, 7) is 0.844. The van der Waals surface area contributed by atoms with Gasteiger partial charge in [0.1, 0.15) is 5.75 Å². The molecule has 0 spiro atoms. The highest BCUT2D eigenvalue weighted by Gasteiger charge is 2.27. The SMILES string of the molecule is OC1CCCC(CC2CCOc3ccccc32)C1. The highest BCUT2D eigenvalue weighted by atomic mass is 16.5. The Morgan fingerprint density at radius 3 is 2.94 bits per heavy atom. The van der Waals surface area contributed by atoms with Gasteiger partial charge in [0.15, 0.2) is 0 Å². The molecule has 1 aromatic rings. The first-order valence-corrected chi connectivity index (χ1v) is 7.22. The number of hydrogen-bond donors (Lipinski definition) is 1. The molecule has 1 aliphatic heterocycles. The molecule has 1 heterocycles. The molecular weight excluding hydrogens is 224 g/mol. The van der Waals surface area contributed by atoms with E-state index in [-0.39, 0.29) is 6.10 Å². The minimum Gasteiger partial charge on any atom is -0.493 e. The highest BCUT2D eigenvalue weighted by molar-refractivity contribution is 5.37. The Balaban J connectivity index is 1.70. The third kappa shape index (κ3) is 2.54. The van der Waals surface area contributed by atoms with Crippen molar-refractivity contribution in [1.29, 1.82) is 0 Å². The van der Waals surface area contributed by atoms with Crippen molar-refractivity contribution in [2.24, 2.45) is 5.92 Å². The van der Waals surface area contributed by atoms with E-state index in [1.54, 1.807) is 0 Å². The first-order valence-electron chi connectivity index (χ1n) is 7.22. The number of para-hydroxylation sites is 1. The second-order valence-corrected chi connectivity index (χ2v) is 5.79. The van der Waals surface area contributed by atoms with Gasteiger partial charge in [0, 0.05) is 0 Å². The minimum atomic E-state index is -0.0566. The van der Waals surface area contributed by atoms with Crippen LogP contribution in [0.1, 0.15) is 50.0 Å². The molecule has 1 saturated carbocycles. The van der Waals surface area contributed by atoms with Gasteiger partial charge in [-0.2, -0.15) is 0 Å². The van der Waals surface area contributed by atoms with Gasteiger partial charge in [-0.15, -0.1) is 0 Å². The van der Waals surface area contributed by atoms with Crippen LogP contribution in [-0.4, -0.2) is 17.8 Å². The van der Waals surface area contributed by atoms with Gasteiger partial charge in [-0.05, 0) is 49.1 Å². The van der Waals surface area contributed by atoms with Crippen molar-refractivity contribution in [3.63, 3.8) is 0 Å². The molecule has 3 atom stereocenters. The van der Waals surface area contributed by atoms with Crippen molar-refractivity contribution in [1.82, 2.24) is 0 Å². The van der Waals surface area contributed by atoms with Crippen molar-refractivity contribution in [2.45, 2.75) is 50.5 Å². The summed E-state index contributed by atoms with van der Waals surface area (Å²) in [6, 6.07) is 8.44. The van der Waals surface area contributed by atoms with Gasteiger partial charge >= 0.3 is 0 Å². The summed E-state index contributed by atoms with van der Waals surface area (Å²) < 4.78 is 5.71. The van der Waals surface area contributed by atoms with Crippen LogP contribution in [0.2, 0.25) is 0 Å². The van der Waals surface area contributed by atoms with E-state index in [0.29, 0.717) is 11.8 Å². The summed E-state index contributed by atoms with van der Waals surface area (Å²) in [5, 5.41) is 9.78. The van der Waals surface area contributed by atoms with Gasteiger partial charge in [0.05, 0.1) is 12.7 Å². The maximum Gasteiger partial charge on any atom is 0.122 e. The third-order valence-corrected chi connectivity index (χ3v) is 4.46. The Hall–Kier alpha value is -1.02. The van der Waals surface area contributed by atoms with Crippen molar-refractivity contribution in [3.05, 3.63) is 29.8 Å². The summed E-state index contributed by atoms with van der Waals surface area (Å²) in [6.07, 6.45) is 6.77. The molecule has 0 saturated heterocycles. The summed E-state index contributed by atoms with van der Waals surface area (Å²) >= 11 is 0. The van der Waals surface area contributed by atoms with Crippen LogP contribution in [0, 0.1) is 5.92 Å². The fourth-order valence-corrected chi connectivity index (χ4v) is 3.54. The maximum atomic E-state index is 9.78. The predicted octanol–water partition coefficient (Wildman–Crippen LogP) is 3.49. The fourth-order valence-electron chi connectivity index (χ4n) is 3.54. The molecule has 1 N–H and O–H groups in total. The lowest BCUT2D eigenvalue weighted by Crippen LogP contribution is -2.23. The zero-order chi connectivity index (χ0) is 12.4. The largest absolute Gasteiger partial charge is 0.493 e. The standard InChI is InChI=1S/C16H22O2/c17-14-5-3-4-12(11-14)10-13-8-9-18-16-7-2-1-6-15(13)16/h1-2,6-7,12-14,17H,3-5,8-11H2. The van der Waals surface area contributed by atoms with Crippen LogP contribution in [0.4, 0.5) is 0 Å². The van der Waals surface area contributed by atoms with Crippen LogP contribution in [0.5, 0.6) is 5.75 Å². The quantitative estimate of drug-likeness (QED) is 0.865. The molecular formula is C16H22O2. The Morgan fingerprint density at radius 1 is 1.17 bits per heavy atom. The second-order valence-electron chi connectivity index (χ2n) is 5.79. The van der Waals surface area contributed by atoms with E-state index in [0.717, 1.165) is 31.6 Å². The lowest BCUT2D eigenvalue weighted by Gasteiger charge is -2.32. The van der Waals surface area contributed by atoms with Crippen LogP contribution in [0.15, 0.2) is 24.3 Å². The summed E-state index contributed by atoms with van der Waals surface area (Å²) in [5.74, 6) is 2.40. The zero-order valence-electron chi connectivity index (χ0n) is 10.8. The van der Waals surface area contributed by atoms with Gasteiger partial charge < -0.3 is 9.84 Å². The third-order valence-electron chi connectivity index (χ3n) is 4.46. The number of aliphatic hydroxyl groups is 1. The molecule has 1 fully saturated rings. The van der Waals surface area contributed by atoms with Gasteiger partial charge in [-0.1, -0.05) is 31.0 Å². The Labute approximate surface area is 109 Å². The normalized spacial score (nSPS) is 31.5. The summed E-state index contributed by atoms with van der Waals surface area (Å²) in [5.41, 5.74) is 1.38. The highest BCUT2D eigenvalue weighted by Crippen LogP contribution is 2.40. The minimum absolute atomic E-state index is 0.0566. The van der Waals surface area contributed by atoms with Crippen molar-refractivity contribution >= 4 is 0 Å². The number of rotatable bonds is 2. The molecule has 3 unspecified atom stereocenters. The maximum absolute atomic E-state index is 9.78. The average Bonchev–Trinajstić information content (AvgIpc) is 2.39.